The molecule has 2 saturated heterocycles. The third kappa shape index (κ3) is 4.68. The summed E-state index contributed by atoms with van der Waals surface area (Å²) in [6.45, 7) is 6.37. The Hall–Kier alpha value is -4.41. The first-order valence-electron chi connectivity index (χ1n) is 13.5. The van der Waals surface area contributed by atoms with E-state index in [-0.39, 0.29) is 12.1 Å². The van der Waals surface area contributed by atoms with Crippen LogP contribution in [0.5, 0.6) is 5.75 Å². The molecule has 0 saturated carbocycles. The molecule has 202 valence electrons. The zero-order valence-corrected chi connectivity index (χ0v) is 22.0. The predicted octanol–water partition coefficient (Wildman–Crippen LogP) is 3.22. The number of fused-ring (bicyclic) bond motifs is 2. The first-order chi connectivity index (χ1) is 19.2. The van der Waals surface area contributed by atoms with Crippen LogP contribution in [-0.4, -0.2) is 89.1 Å². The molecule has 4 aromatic rings. The van der Waals surface area contributed by atoms with Crippen LogP contribution < -0.4 is 19.9 Å². The third-order valence-electron chi connectivity index (χ3n) is 7.66. The molecule has 39 heavy (non-hydrogen) atoms. The van der Waals surface area contributed by atoms with Crippen molar-refractivity contribution in [1.82, 2.24) is 30.2 Å². The van der Waals surface area contributed by atoms with E-state index in [1.807, 2.05) is 42.2 Å². The van der Waals surface area contributed by atoms with Gasteiger partial charge in [-0.2, -0.15) is 0 Å². The molecule has 11 heteroatoms. The average molecular weight is 529 g/mol. The van der Waals surface area contributed by atoms with E-state index in [9.17, 15) is 9.59 Å². The van der Waals surface area contributed by atoms with Crippen molar-refractivity contribution >= 4 is 45.8 Å². The number of carbonyl (C=O) groups is 2. The molecule has 0 unspecified atom stereocenters. The van der Waals surface area contributed by atoms with Crippen LogP contribution in [0.2, 0.25) is 0 Å². The van der Waals surface area contributed by atoms with Crippen LogP contribution >= 0.6 is 0 Å². The largest absolute Gasteiger partial charge is 0.491 e. The van der Waals surface area contributed by atoms with E-state index in [0.717, 1.165) is 59.1 Å². The van der Waals surface area contributed by atoms with Gasteiger partial charge < -0.3 is 29.7 Å². The van der Waals surface area contributed by atoms with Crippen molar-refractivity contribution in [2.75, 3.05) is 55.7 Å². The maximum Gasteiger partial charge on any atom is 0.317 e. The molecule has 11 nitrogen and oxygen atoms in total. The van der Waals surface area contributed by atoms with Crippen molar-refractivity contribution < 1.29 is 14.3 Å². The van der Waals surface area contributed by atoms with Gasteiger partial charge in [0.2, 0.25) is 0 Å². The van der Waals surface area contributed by atoms with Gasteiger partial charge in [-0.05, 0) is 37.3 Å². The number of rotatable bonds is 7. The molecule has 2 aromatic heterocycles. The fourth-order valence-corrected chi connectivity index (χ4v) is 5.73. The van der Waals surface area contributed by atoms with Gasteiger partial charge in [0, 0.05) is 55.9 Å². The lowest BCUT2D eigenvalue weighted by Crippen LogP contribution is -2.52. The zero-order chi connectivity index (χ0) is 26.8. The molecule has 2 fully saturated rings. The van der Waals surface area contributed by atoms with Gasteiger partial charge in [0.1, 0.15) is 24.2 Å². The van der Waals surface area contributed by atoms with Crippen molar-refractivity contribution in [3.63, 3.8) is 0 Å². The summed E-state index contributed by atoms with van der Waals surface area (Å²) in [6.07, 6.45) is 6.13. The number of amides is 2. The number of anilines is 2. The number of nitrogens with zero attached hydrogens (tertiary/aromatic N) is 6. The SMILES string of the molecule is CCNC(=O)N1CCN(c2ccc3cccc(OC[C@H]4CCCN4c4ncnc5[nH]cnc45)c3c2C=O)CC1. The van der Waals surface area contributed by atoms with E-state index in [4.69, 9.17) is 4.74 Å². The molecule has 2 amide bonds. The number of benzene rings is 2. The normalized spacial score (nSPS) is 17.7. The number of hydrogen-bond acceptors (Lipinski definition) is 8. The third-order valence-corrected chi connectivity index (χ3v) is 7.66. The fraction of sp³-hybridized carbons (Fsp3) is 0.393. The minimum absolute atomic E-state index is 0.0436. The van der Waals surface area contributed by atoms with Gasteiger partial charge in [0.15, 0.2) is 17.8 Å². The van der Waals surface area contributed by atoms with E-state index in [1.165, 1.54) is 0 Å². The van der Waals surface area contributed by atoms with Gasteiger partial charge in [-0.25, -0.2) is 19.7 Å². The number of hydrogen-bond donors (Lipinski definition) is 2. The Morgan fingerprint density at radius 2 is 2.00 bits per heavy atom. The number of aldehydes is 1. The molecule has 6 rings (SSSR count). The lowest BCUT2D eigenvalue weighted by molar-refractivity contribution is 0.112. The second-order valence-electron chi connectivity index (χ2n) is 9.88. The molecule has 0 radical (unpaired) electrons. The molecule has 0 aliphatic carbocycles. The Bertz CT molecular complexity index is 1500. The summed E-state index contributed by atoms with van der Waals surface area (Å²) >= 11 is 0. The van der Waals surface area contributed by atoms with Crippen molar-refractivity contribution in [1.29, 1.82) is 0 Å². The second kappa shape index (κ2) is 10.8. The molecule has 0 bridgehead atoms. The molecular formula is C28H32N8O3. The predicted molar refractivity (Wildman–Crippen MR) is 150 cm³/mol. The molecular weight excluding hydrogens is 496 g/mol. The van der Waals surface area contributed by atoms with Gasteiger partial charge in [-0.15, -0.1) is 0 Å². The Morgan fingerprint density at radius 1 is 1.13 bits per heavy atom. The van der Waals surface area contributed by atoms with Crippen LogP contribution in [0.25, 0.3) is 21.9 Å². The summed E-state index contributed by atoms with van der Waals surface area (Å²) in [5.74, 6) is 1.50. The summed E-state index contributed by atoms with van der Waals surface area (Å²) in [5, 5.41) is 4.63. The van der Waals surface area contributed by atoms with Gasteiger partial charge >= 0.3 is 6.03 Å². The van der Waals surface area contributed by atoms with Crippen LogP contribution in [0.3, 0.4) is 0 Å². The number of H-pyrrole nitrogens is 1. The van der Waals surface area contributed by atoms with Crippen LogP contribution in [0, 0.1) is 0 Å². The summed E-state index contributed by atoms with van der Waals surface area (Å²) in [4.78, 5) is 47.3. The smallest absolute Gasteiger partial charge is 0.317 e. The minimum atomic E-state index is -0.0436. The zero-order valence-electron chi connectivity index (χ0n) is 22.0. The maximum atomic E-state index is 12.5. The number of aromatic amines is 1. The molecule has 2 N–H and O–H groups in total. The molecule has 2 aliphatic heterocycles. The second-order valence-corrected chi connectivity index (χ2v) is 9.88. The van der Waals surface area contributed by atoms with Crippen molar-refractivity contribution in [2.45, 2.75) is 25.8 Å². The van der Waals surface area contributed by atoms with Gasteiger partial charge in [-0.3, -0.25) is 4.79 Å². The maximum absolute atomic E-state index is 12.5. The molecule has 4 heterocycles. The Balaban J connectivity index is 1.24. The summed E-state index contributed by atoms with van der Waals surface area (Å²) < 4.78 is 6.46. The average Bonchev–Trinajstić information content (AvgIpc) is 3.65. The Kier molecular flexibility index (Phi) is 6.87. The number of ether oxygens (including phenoxy) is 1. The number of nitrogens with one attached hydrogen (secondary N) is 2. The van der Waals surface area contributed by atoms with Crippen LogP contribution in [0.4, 0.5) is 16.3 Å². The van der Waals surface area contributed by atoms with Gasteiger partial charge in [0.05, 0.1) is 12.4 Å². The lowest BCUT2D eigenvalue weighted by Gasteiger charge is -2.36. The Morgan fingerprint density at radius 3 is 2.82 bits per heavy atom. The van der Waals surface area contributed by atoms with Crippen molar-refractivity contribution in [3.05, 3.63) is 48.5 Å². The van der Waals surface area contributed by atoms with Crippen molar-refractivity contribution in [3.8, 4) is 5.75 Å². The molecule has 1 atom stereocenters. The number of aromatic nitrogens is 4. The number of carbonyl (C=O) groups excluding carboxylic acids is 2. The standard InChI is InChI=1S/C28H32N8O3/c1-2-29-28(38)35-13-11-34(12-14-35)22-9-8-19-5-3-7-23(24(19)21(22)15-37)39-16-20-6-4-10-36(20)27-25-26(31-17-30-25)32-18-33-27/h3,5,7-9,15,17-18,20H,2,4,6,10-14,16H2,1H3,(H,29,38)(H,30,31,32,33)/t20-/m1/s1. The van der Waals surface area contributed by atoms with E-state index in [0.29, 0.717) is 50.6 Å². The summed E-state index contributed by atoms with van der Waals surface area (Å²) in [7, 11) is 0. The molecule has 0 spiro atoms. The molecule has 2 aromatic carbocycles. The Labute approximate surface area is 226 Å². The monoisotopic (exact) mass is 528 g/mol. The summed E-state index contributed by atoms with van der Waals surface area (Å²) in [5.41, 5.74) is 2.96. The fourth-order valence-electron chi connectivity index (χ4n) is 5.73. The minimum Gasteiger partial charge on any atom is -0.491 e. The first-order valence-corrected chi connectivity index (χ1v) is 13.5. The quantitative estimate of drug-likeness (QED) is 0.351. The first kappa shape index (κ1) is 24.9. The van der Waals surface area contributed by atoms with Crippen LogP contribution in [0.15, 0.2) is 43.0 Å². The van der Waals surface area contributed by atoms with E-state index >= 15 is 0 Å². The van der Waals surface area contributed by atoms with Crippen LogP contribution in [0.1, 0.15) is 30.1 Å². The van der Waals surface area contributed by atoms with E-state index in [2.05, 4.69) is 35.1 Å². The number of piperazine rings is 1. The highest BCUT2D eigenvalue weighted by molar-refractivity contribution is 6.06. The van der Waals surface area contributed by atoms with Gasteiger partial charge in [0.25, 0.3) is 0 Å². The number of urea groups is 1. The van der Waals surface area contributed by atoms with E-state index < -0.39 is 0 Å². The van der Waals surface area contributed by atoms with E-state index in [1.54, 1.807) is 12.7 Å². The topological polar surface area (TPSA) is 120 Å². The van der Waals surface area contributed by atoms with Crippen molar-refractivity contribution in [2.24, 2.45) is 0 Å². The van der Waals surface area contributed by atoms with Crippen LogP contribution in [-0.2, 0) is 0 Å². The van der Waals surface area contributed by atoms with Gasteiger partial charge in [-0.1, -0.05) is 18.2 Å². The highest BCUT2D eigenvalue weighted by Gasteiger charge is 2.29. The highest BCUT2D eigenvalue weighted by atomic mass is 16.5. The molecule has 2 aliphatic rings. The highest BCUT2D eigenvalue weighted by Crippen LogP contribution is 2.36. The number of imidazole rings is 1. The lowest BCUT2D eigenvalue weighted by atomic mass is 10.0. The summed E-state index contributed by atoms with van der Waals surface area (Å²) in [6, 6.07) is 10.0.